The molecule has 1 aromatic carbocycles. The van der Waals surface area contributed by atoms with E-state index in [1.807, 2.05) is 22.9 Å². The maximum atomic E-state index is 4.47. The third-order valence-electron chi connectivity index (χ3n) is 4.94. The molecular formula is C17H25N5. The molecule has 5 nitrogen and oxygen atoms in total. The maximum absolute atomic E-state index is 4.47. The Morgan fingerprint density at radius 1 is 1.05 bits per heavy atom. The normalized spacial score (nSPS) is 17.8. The number of hydrogen-bond donors (Lipinski definition) is 0. The van der Waals surface area contributed by atoms with Crippen LogP contribution in [-0.4, -0.2) is 38.2 Å². The standard InChI is InChI=1S/C17H25N5/c1-3-21(4-2)17(13-9-6-10-14-17)16-18-19-20-22(16)15-11-7-5-8-12-15/h5,7-8,11-12H,3-4,6,9-10,13-14H2,1-2H3. The molecule has 1 aliphatic carbocycles. The van der Waals surface area contributed by atoms with Gasteiger partial charge in [0.15, 0.2) is 5.82 Å². The Hall–Kier alpha value is -1.75. The number of tetrazole rings is 1. The SMILES string of the molecule is CCN(CC)C1(c2nnnn2-c2ccccc2)CCCCC1. The highest BCUT2D eigenvalue weighted by molar-refractivity contribution is 5.32. The molecule has 0 spiro atoms. The van der Waals surface area contributed by atoms with Crippen molar-refractivity contribution in [1.29, 1.82) is 0 Å². The van der Waals surface area contributed by atoms with E-state index >= 15 is 0 Å². The summed E-state index contributed by atoms with van der Waals surface area (Å²) in [6, 6.07) is 10.2. The van der Waals surface area contributed by atoms with Crippen LogP contribution < -0.4 is 0 Å². The highest BCUT2D eigenvalue weighted by Gasteiger charge is 2.42. The van der Waals surface area contributed by atoms with Gasteiger partial charge in [-0.3, -0.25) is 4.90 Å². The first-order valence-electron chi connectivity index (χ1n) is 8.41. The Morgan fingerprint density at radius 3 is 2.36 bits per heavy atom. The van der Waals surface area contributed by atoms with Gasteiger partial charge in [0, 0.05) is 0 Å². The first kappa shape index (κ1) is 15.2. The molecule has 0 bridgehead atoms. The van der Waals surface area contributed by atoms with E-state index in [0.717, 1.165) is 37.4 Å². The van der Waals surface area contributed by atoms with Gasteiger partial charge in [0.2, 0.25) is 0 Å². The Kier molecular flexibility index (Phi) is 4.52. The van der Waals surface area contributed by atoms with Gasteiger partial charge in [-0.15, -0.1) is 5.10 Å². The van der Waals surface area contributed by atoms with E-state index in [2.05, 4.69) is 46.4 Å². The van der Waals surface area contributed by atoms with E-state index in [-0.39, 0.29) is 5.54 Å². The molecule has 3 rings (SSSR count). The number of benzene rings is 1. The Labute approximate surface area is 132 Å². The van der Waals surface area contributed by atoms with Gasteiger partial charge in [-0.1, -0.05) is 51.3 Å². The number of rotatable bonds is 5. The average Bonchev–Trinajstić information content (AvgIpc) is 3.08. The average molecular weight is 299 g/mol. The number of aromatic nitrogens is 4. The molecule has 0 amide bonds. The minimum Gasteiger partial charge on any atom is -0.291 e. The molecule has 0 radical (unpaired) electrons. The van der Waals surface area contributed by atoms with Gasteiger partial charge in [0.25, 0.3) is 0 Å². The van der Waals surface area contributed by atoms with E-state index in [0.29, 0.717) is 0 Å². The molecular weight excluding hydrogens is 274 g/mol. The predicted octanol–water partition coefficient (Wildman–Crippen LogP) is 3.16. The Balaban J connectivity index is 2.08. The molecule has 0 atom stereocenters. The lowest BCUT2D eigenvalue weighted by atomic mass is 9.79. The summed E-state index contributed by atoms with van der Waals surface area (Å²) in [4.78, 5) is 2.54. The van der Waals surface area contributed by atoms with Crippen LogP contribution in [0.15, 0.2) is 30.3 Å². The zero-order chi connectivity index (χ0) is 15.4. The van der Waals surface area contributed by atoms with Crippen LogP contribution in [0.3, 0.4) is 0 Å². The molecule has 0 unspecified atom stereocenters. The van der Waals surface area contributed by atoms with E-state index in [1.165, 1.54) is 19.3 Å². The van der Waals surface area contributed by atoms with Crippen molar-refractivity contribution in [1.82, 2.24) is 25.1 Å². The lowest BCUT2D eigenvalue weighted by Gasteiger charge is -2.44. The van der Waals surface area contributed by atoms with Gasteiger partial charge in [-0.25, -0.2) is 0 Å². The smallest absolute Gasteiger partial charge is 0.176 e. The quantitative estimate of drug-likeness (QED) is 0.851. The van der Waals surface area contributed by atoms with Crippen molar-refractivity contribution in [2.24, 2.45) is 0 Å². The van der Waals surface area contributed by atoms with E-state index < -0.39 is 0 Å². The lowest BCUT2D eigenvalue weighted by molar-refractivity contribution is 0.0463. The molecule has 118 valence electrons. The Morgan fingerprint density at radius 2 is 1.73 bits per heavy atom. The van der Waals surface area contributed by atoms with Crippen molar-refractivity contribution in [3.63, 3.8) is 0 Å². The molecule has 2 aromatic rings. The second-order valence-electron chi connectivity index (χ2n) is 6.01. The molecule has 1 fully saturated rings. The lowest BCUT2D eigenvalue weighted by Crippen LogP contribution is -2.49. The first-order chi connectivity index (χ1) is 10.8. The molecule has 0 saturated heterocycles. The third-order valence-corrected chi connectivity index (χ3v) is 4.94. The van der Waals surface area contributed by atoms with Crippen LogP contribution in [-0.2, 0) is 5.54 Å². The summed E-state index contributed by atoms with van der Waals surface area (Å²) < 4.78 is 1.93. The summed E-state index contributed by atoms with van der Waals surface area (Å²) in [5, 5.41) is 12.8. The van der Waals surface area contributed by atoms with Crippen molar-refractivity contribution < 1.29 is 0 Å². The van der Waals surface area contributed by atoms with E-state index in [1.54, 1.807) is 0 Å². The summed E-state index contributed by atoms with van der Waals surface area (Å²) >= 11 is 0. The highest BCUT2D eigenvalue weighted by atomic mass is 15.6. The monoisotopic (exact) mass is 299 g/mol. The summed E-state index contributed by atoms with van der Waals surface area (Å²) in [7, 11) is 0. The van der Waals surface area contributed by atoms with Gasteiger partial charge in [-0.2, -0.15) is 4.68 Å². The van der Waals surface area contributed by atoms with Gasteiger partial charge in [0.05, 0.1) is 11.2 Å². The number of nitrogens with zero attached hydrogens (tertiary/aromatic N) is 5. The third kappa shape index (κ3) is 2.54. The van der Waals surface area contributed by atoms with Crippen LogP contribution in [0.25, 0.3) is 5.69 Å². The molecule has 0 aliphatic heterocycles. The second kappa shape index (κ2) is 6.57. The van der Waals surface area contributed by atoms with Crippen molar-refractivity contribution in [2.75, 3.05) is 13.1 Å². The van der Waals surface area contributed by atoms with Crippen LogP contribution in [0.5, 0.6) is 0 Å². The van der Waals surface area contributed by atoms with Crippen LogP contribution in [0.1, 0.15) is 51.8 Å². The van der Waals surface area contributed by atoms with Gasteiger partial charge in [-0.05, 0) is 48.5 Å². The molecule has 0 N–H and O–H groups in total. The van der Waals surface area contributed by atoms with E-state index in [4.69, 9.17) is 0 Å². The minimum absolute atomic E-state index is 0.0267. The molecule has 1 heterocycles. The van der Waals surface area contributed by atoms with Crippen LogP contribution in [0.2, 0.25) is 0 Å². The topological polar surface area (TPSA) is 46.8 Å². The second-order valence-corrected chi connectivity index (χ2v) is 6.01. The van der Waals surface area contributed by atoms with Crippen LogP contribution in [0, 0.1) is 0 Å². The highest BCUT2D eigenvalue weighted by Crippen LogP contribution is 2.41. The van der Waals surface area contributed by atoms with Crippen molar-refractivity contribution in [3.8, 4) is 5.69 Å². The Bertz CT molecular complexity index is 582. The van der Waals surface area contributed by atoms with Crippen LogP contribution in [0.4, 0.5) is 0 Å². The number of para-hydroxylation sites is 1. The van der Waals surface area contributed by atoms with Crippen molar-refractivity contribution in [3.05, 3.63) is 36.2 Å². The fourth-order valence-electron chi connectivity index (χ4n) is 3.87. The number of hydrogen-bond acceptors (Lipinski definition) is 4. The summed E-state index contributed by atoms with van der Waals surface area (Å²) in [6.07, 6.45) is 6.09. The van der Waals surface area contributed by atoms with E-state index in [9.17, 15) is 0 Å². The van der Waals surface area contributed by atoms with Gasteiger partial charge < -0.3 is 0 Å². The van der Waals surface area contributed by atoms with Crippen LogP contribution >= 0.6 is 0 Å². The minimum atomic E-state index is -0.0267. The predicted molar refractivity (Wildman–Crippen MR) is 86.8 cm³/mol. The zero-order valence-corrected chi connectivity index (χ0v) is 13.6. The zero-order valence-electron chi connectivity index (χ0n) is 13.6. The maximum Gasteiger partial charge on any atom is 0.176 e. The molecule has 1 saturated carbocycles. The fraction of sp³-hybridized carbons (Fsp3) is 0.588. The summed E-state index contributed by atoms with van der Waals surface area (Å²) in [6.45, 7) is 6.52. The van der Waals surface area contributed by atoms with Crippen molar-refractivity contribution in [2.45, 2.75) is 51.5 Å². The summed E-state index contributed by atoms with van der Waals surface area (Å²) in [5.41, 5.74) is 1.01. The van der Waals surface area contributed by atoms with Crippen molar-refractivity contribution >= 4 is 0 Å². The molecule has 5 heteroatoms. The van der Waals surface area contributed by atoms with Gasteiger partial charge in [0.1, 0.15) is 0 Å². The largest absolute Gasteiger partial charge is 0.291 e. The fourth-order valence-corrected chi connectivity index (χ4v) is 3.87. The molecule has 22 heavy (non-hydrogen) atoms. The van der Waals surface area contributed by atoms with Gasteiger partial charge >= 0.3 is 0 Å². The first-order valence-corrected chi connectivity index (χ1v) is 8.41. The molecule has 1 aliphatic rings. The summed E-state index contributed by atoms with van der Waals surface area (Å²) in [5.74, 6) is 1.00. The molecule has 1 aromatic heterocycles.